The molecule has 33 heavy (non-hydrogen) atoms. The molecule has 2 saturated heterocycles. The van der Waals surface area contributed by atoms with Crippen LogP contribution in [0.1, 0.15) is 5.56 Å². The van der Waals surface area contributed by atoms with Crippen LogP contribution in [0, 0.1) is 0 Å². The van der Waals surface area contributed by atoms with E-state index in [1.54, 1.807) is 0 Å². The maximum absolute atomic E-state index is 12.4. The number of para-hydroxylation sites is 1. The summed E-state index contributed by atoms with van der Waals surface area (Å²) in [6.07, 6.45) is 1.90. The number of ether oxygens (including phenoxy) is 1. The molecule has 2 N–H and O–H groups in total. The smallest absolute Gasteiger partial charge is 0.264 e. The van der Waals surface area contributed by atoms with E-state index < -0.39 is 0 Å². The fourth-order valence-corrected chi connectivity index (χ4v) is 4.51. The van der Waals surface area contributed by atoms with Gasteiger partial charge in [0.25, 0.3) is 5.91 Å². The highest BCUT2D eigenvalue weighted by atomic mass is 32.2. The number of carbonyl (C=O) groups excluding carboxylic acids is 1. The Bertz CT molecular complexity index is 1170. The van der Waals surface area contributed by atoms with Crippen LogP contribution in [0.15, 0.2) is 88.8 Å². The first kappa shape index (κ1) is 21.3. The average molecular weight is 457 g/mol. The summed E-state index contributed by atoms with van der Waals surface area (Å²) in [4.78, 5) is 20.0. The van der Waals surface area contributed by atoms with Gasteiger partial charge in [-0.3, -0.25) is 4.79 Å². The van der Waals surface area contributed by atoms with Crippen molar-refractivity contribution in [3.8, 4) is 11.5 Å². The molecule has 0 saturated carbocycles. The van der Waals surface area contributed by atoms with E-state index in [-0.39, 0.29) is 5.91 Å². The van der Waals surface area contributed by atoms with E-state index >= 15 is 0 Å². The topological polar surface area (TPSA) is 66.0 Å². The SMILES string of the molecule is O=C1NC(=Nc2ccc(Oc3ccccc3)cc2)S/C1=C/c1ccc(N2CCNCC2)cc1. The summed E-state index contributed by atoms with van der Waals surface area (Å²) in [5.74, 6) is 1.39. The molecule has 0 aliphatic carbocycles. The fourth-order valence-electron chi connectivity index (χ4n) is 3.67. The molecule has 6 nitrogen and oxygen atoms in total. The van der Waals surface area contributed by atoms with Crippen LogP contribution >= 0.6 is 11.8 Å². The van der Waals surface area contributed by atoms with E-state index in [9.17, 15) is 4.79 Å². The second-order valence-corrected chi connectivity index (χ2v) is 8.75. The molecule has 0 unspecified atom stereocenters. The van der Waals surface area contributed by atoms with Crippen LogP contribution in [0.2, 0.25) is 0 Å². The number of thioether (sulfide) groups is 1. The normalized spacial score (nSPS) is 18.5. The molecule has 0 atom stereocenters. The largest absolute Gasteiger partial charge is 0.457 e. The average Bonchev–Trinajstić information content (AvgIpc) is 3.20. The third-order valence-corrected chi connectivity index (χ3v) is 6.28. The number of nitrogens with zero attached hydrogens (tertiary/aromatic N) is 2. The van der Waals surface area contributed by atoms with Gasteiger partial charge in [0.2, 0.25) is 0 Å². The van der Waals surface area contributed by atoms with E-state index in [1.165, 1.54) is 17.4 Å². The number of nitrogens with one attached hydrogen (secondary N) is 2. The number of amidine groups is 1. The highest BCUT2D eigenvalue weighted by Crippen LogP contribution is 2.30. The lowest BCUT2D eigenvalue weighted by Gasteiger charge is -2.29. The molecule has 3 aromatic carbocycles. The third kappa shape index (κ3) is 5.45. The summed E-state index contributed by atoms with van der Waals surface area (Å²) in [7, 11) is 0. The number of rotatable bonds is 5. The Kier molecular flexibility index (Phi) is 6.41. The number of hydrogen-bond acceptors (Lipinski definition) is 6. The lowest BCUT2D eigenvalue weighted by atomic mass is 10.1. The molecule has 0 bridgehead atoms. The number of benzene rings is 3. The number of aliphatic imine (C=N–C) groups is 1. The van der Waals surface area contributed by atoms with Crippen molar-refractivity contribution >= 4 is 40.3 Å². The molecule has 0 aromatic heterocycles. The fraction of sp³-hybridized carbons (Fsp3) is 0.154. The molecule has 2 fully saturated rings. The molecule has 2 heterocycles. The molecule has 2 aliphatic heterocycles. The van der Waals surface area contributed by atoms with Gasteiger partial charge in [-0.15, -0.1) is 0 Å². The Morgan fingerprint density at radius 3 is 2.30 bits per heavy atom. The van der Waals surface area contributed by atoms with Crippen LogP contribution in [0.5, 0.6) is 11.5 Å². The summed E-state index contributed by atoms with van der Waals surface area (Å²) in [6.45, 7) is 4.04. The maximum atomic E-state index is 12.4. The van der Waals surface area contributed by atoms with E-state index in [0.717, 1.165) is 48.9 Å². The predicted octanol–water partition coefficient (Wildman–Crippen LogP) is 4.78. The van der Waals surface area contributed by atoms with Gasteiger partial charge in [0.1, 0.15) is 11.5 Å². The Labute approximate surface area is 197 Å². The molecule has 166 valence electrons. The highest BCUT2D eigenvalue weighted by molar-refractivity contribution is 8.18. The Balaban J connectivity index is 1.23. The van der Waals surface area contributed by atoms with Crippen LogP contribution in [0.25, 0.3) is 6.08 Å². The van der Waals surface area contributed by atoms with Gasteiger partial charge in [-0.2, -0.15) is 0 Å². The van der Waals surface area contributed by atoms with Gasteiger partial charge in [0.05, 0.1) is 10.6 Å². The first-order valence-corrected chi connectivity index (χ1v) is 11.7. The summed E-state index contributed by atoms with van der Waals surface area (Å²) in [6, 6.07) is 25.4. The summed E-state index contributed by atoms with van der Waals surface area (Å²) < 4.78 is 5.81. The number of hydrogen-bond donors (Lipinski definition) is 2. The van der Waals surface area contributed by atoms with Gasteiger partial charge >= 0.3 is 0 Å². The predicted molar refractivity (Wildman–Crippen MR) is 135 cm³/mol. The van der Waals surface area contributed by atoms with E-state index in [2.05, 4.69) is 44.8 Å². The number of amides is 1. The van der Waals surface area contributed by atoms with Crippen LogP contribution in [0.3, 0.4) is 0 Å². The minimum absolute atomic E-state index is 0.131. The van der Waals surface area contributed by atoms with Crippen molar-refractivity contribution in [3.05, 3.63) is 89.3 Å². The summed E-state index contributed by atoms with van der Waals surface area (Å²) in [5, 5.41) is 6.79. The molecule has 0 spiro atoms. The minimum atomic E-state index is -0.131. The molecule has 7 heteroatoms. The van der Waals surface area contributed by atoms with E-state index in [4.69, 9.17) is 4.74 Å². The van der Waals surface area contributed by atoms with Gasteiger partial charge < -0.3 is 20.3 Å². The number of anilines is 1. The van der Waals surface area contributed by atoms with Crippen LogP contribution in [0.4, 0.5) is 11.4 Å². The molecule has 5 rings (SSSR count). The molecule has 1 amide bonds. The quantitative estimate of drug-likeness (QED) is 0.541. The Hall–Kier alpha value is -3.55. The van der Waals surface area contributed by atoms with E-state index in [0.29, 0.717) is 10.1 Å². The molecule has 2 aliphatic rings. The van der Waals surface area contributed by atoms with Crippen molar-refractivity contribution in [1.82, 2.24) is 10.6 Å². The zero-order valence-corrected chi connectivity index (χ0v) is 18.8. The monoisotopic (exact) mass is 456 g/mol. The maximum Gasteiger partial charge on any atom is 0.264 e. The first-order chi connectivity index (χ1) is 16.2. The molecule has 3 aromatic rings. The van der Waals surface area contributed by atoms with Gasteiger partial charge in [-0.05, 0) is 71.9 Å². The molecular formula is C26H24N4O2S. The Morgan fingerprint density at radius 1 is 0.879 bits per heavy atom. The van der Waals surface area contributed by atoms with Crippen LogP contribution < -0.4 is 20.3 Å². The van der Waals surface area contributed by atoms with Crippen LogP contribution in [-0.2, 0) is 4.79 Å². The van der Waals surface area contributed by atoms with Crippen molar-refractivity contribution in [2.75, 3.05) is 31.1 Å². The van der Waals surface area contributed by atoms with Gasteiger partial charge in [0, 0.05) is 31.9 Å². The number of carbonyl (C=O) groups is 1. The van der Waals surface area contributed by atoms with Crippen molar-refractivity contribution in [2.45, 2.75) is 0 Å². The standard InChI is InChI=1S/C26H24N4O2S/c31-25-24(18-19-6-10-21(11-7-19)30-16-14-27-15-17-30)33-26(29-25)28-20-8-12-23(13-9-20)32-22-4-2-1-3-5-22/h1-13,18,27H,14-17H2,(H,28,29,31)/b24-18+. The van der Waals surface area contributed by atoms with Crippen molar-refractivity contribution in [3.63, 3.8) is 0 Å². The van der Waals surface area contributed by atoms with Crippen LogP contribution in [-0.4, -0.2) is 37.3 Å². The minimum Gasteiger partial charge on any atom is -0.457 e. The van der Waals surface area contributed by atoms with Gasteiger partial charge in [-0.1, -0.05) is 30.3 Å². The molecule has 0 radical (unpaired) electrons. The third-order valence-electron chi connectivity index (χ3n) is 5.37. The zero-order chi connectivity index (χ0) is 22.5. The molecular weight excluding hydrogens is 432 g/mol. The first-order valence-electron chi connectivity index (χ1n) is 10.9. The summed E-state index contributed by atoms with van der Waals surface area (Å²) >= 11 is 1.35. The second kappa shape index (κ2) is 9.94. The van der Waals surface area contributed by atoms with Crippen molar-refractivity contribution in [1.29, 1.82) is 0 Å². The van der Waals surface area contributed by atoms with E-state index in [1.807, 2.05) is 60.7 Å². The second-order valence-electron chi connectivity index (χ2n) is 7.72. The highest BCUT2D eigenvalue weighted by Gasteiger charge is 2.23. The van der Waals surface area contributed by atoms with Gasteiger partial charge in [-0.25, -0.2) is 4.99 Å². The number of piperazine rings is 1. The zero-order valence-electron chi connectivity index (χ0n) is 18.0. The lowest BCUT2D eigenvalue weighted by Crippen LogP contribution is -2.43. The van der Waals surface area contributed by atoms with Crippen molar-refractivity contribution in [2.24, 2.45) is 4.99 Å². The lowest BCUT2D eigenvalue weighted by molar-refractivity contribution is -0.115. The summed E-state index contributed by atoms with van der Waals surface area (Å²) in [5.41, 5.74) is 2.96. The van der Waals surface area contributed by atoms with Gasteiger partial charge in [0.15, 0.2) is 5.17 Å². The van der Waals surface area contributed by atoms with Crippen molar-refractivity contribution < 1.29 is 9.53 Å². The Morgan fingerprint density at radius 2 is 1.58 bits per heavy atom.